The predicted octanol–water partition coefficient (Wildman–Crippen LogP) is 5.04. The van der Waals surface area contributed by atoms with Crippen LogP contribution in [0.25, 0.3) is 0 Å². The number of aliphatic carboxylic acids is 1. The molecule has 0 aromatic heterocycles. The standard InChI is InChI=1S/C40H60N2O10/c1-6-8-10-13-16-19-32(43)20-17-14-11-12-15-18-21-34(40(49,39(47)48)30-36(44)52-28-26-42(3)4)37(45)41-35(38(46)50-5)29-31-22-24-33(25-23-31)51-27-9-7-2/h18,21-25,34-35,49H,6,8,10-17,19-20,26-30H2,1-5H3,(H,41,45)(H,47,48)/b21-18+/t34-,35+,40+/m1/s1. The highest BCUT2D eigenvalue weighted by atomic mass is 16.5. The van der Waals surface area contributed by atoms with Crippen LogP contribution in [0.4, 0.5) is 0 Å². The van der Waals surface area contributed by atoms with Crippen LogP contribution in [0.5, 0.6) is 5.75 Å². The number of hydrogen-bond acceptors (Lipinski definition) is 10. The topological polar surface area (TPSA) is 169 Å². The molecule has 0 bridgehead atoms. The van der Waals surface area contributed by atoms with Crippen molar-refractivity contribution in [1.82, 2.24) is 10.2 Å². The molecule has 0 aliphatic heterocycles. The Morgan fingerprint density at radius 2 is 1.60 bits per heavy atom. The Labute approximate surface area is 309 Å². The molecule has 0 spiro atoms. The summed E-state index contributed by atoms with van der Waals surface area (Å²) in [4.78, 5) is 65.7. The van der Waals surface area contributed by atoms with Crippen LogP contribution in [0.1, 0.15) is 103 Å². The van der Waals surface area contributed by atoms with Gasteiger partial charge in [0.2, 0.25) is 5.91 Å². The first-order valence-corrected chi connectivity index (χ1v) is 18.3. The van der Waals surface area contributed by atoms with E-state index in [1.807, 2.05) is 0 Å². The first kappa shape index (κ1) is 45.8. The SMILES string of the molecule is CC#CCOc1ccc(C[C@H](NC(=O)[C@@H](/C=C/CCCCCCC(=O)CCCCCCC)[C@@](O)(CC(=O)OCCN(C)C)C(=O)O)C(=O)OC)cc1. The number of carboxylic acids is 1. The predicted molar refractivity (Wildman–Crippen MR) is 198 cm³/mol. The average Bonchev–Trinajstić information content (AvgIpc) is 3.10. The van der Waals surface area contributed by atoms with Crippen molar-refractivity contribution >= 4 is 29.6 Å². The summed E-state index contributed by atoms with van der Waals surface area (Å²) < 4.78 is 15.6. The summed E-state index contributed by atoms with van der Waals surface area (Å²) in [6.45, 7) is 4.40. The first-order chi connectivity index (χ1) is 24.9. The van der Waals surface area contributed by atoms with E-state index in [2.05, 4.69) is 24.1 Å². The van der Waals surface area contributed by atoms with Gasteiger partial charge in [0.1, 0.15) is 30.8 Å². The number of aliphatic hydroxyl groups is 1. The second kappa shape index (κ2) is 26.5. The number of nitrogens with zero attached hydrogens (tertiary/aromatic N) is 1. The minimum absolute atomic E-state index is 0.0106. The lowest BCUT2D eigenvalue weighted by Crippen LogP contribution is -2.55. The van der Waals surface area contributed by atoms with E-state index < -0.39 is 47.8 Å². The van der Waals surface area contributed by atoms with Gasteiger partial charge in [0.25, 0.3) is 0 Å². The molecule has 52 heavy (non-hydrogen) atoms. The number of Topliss-reactive ketones (excluding diaryl/α,β-unsaturated/α-hetero) is 1. The van der Waals surface area contributed by atoms with E-state index in [1.165, 1.54) is 18.9 Å². The van der Waals surface area contributed by atoms with E-state index >= 15 is 0 Å². The lowest BCUT2D eigenvalue weighted by atomic mass is 9.82. The lowest BCUT2D eigenvalue weighted by molar-refractivity contribution is -0.174. The number of nitrogens with one attached hydrogen (secondary N) is 1. The maximum absolute atomic E-state index is 13.8. The van der Waals surface area contributed by atoms with Crippen LogP contribution in [0.2, 0.25) is 0 Å². The molecule has 1 amide bonds. The van der Waals surface area contributed by atoms with Crippen molar-refractivity contribution in [2.75, 3.05) is 41.0 Å². The van der Waals surface area contributed by atoms with Crippen LogP contribution in [-0.4, -0.2) is 97.3 Å². The Morgan fingerprint density at radius 3 is 2.17 bits per heavy atom. The van der Waals surface area contributed by atoms with Crippen molar-refractivity contribution in [3.05, 3.63) is 42.0 Å². The molecule has 0 fully saturated rings. The van der Waals surface area contributed by atoms with Crippen LogP contribution in [0, 0.1) is 17.8 Å². The Hall–Kier alpha value is -4.21. The molecule has 0 heterocycles. The first-order valence-electron chi connectivity index (χ1n) is 18.3. The fourth-order valence-electron chi connectivity index (χ4n) is 5.36. The second-order valence-electron chi connectivity index (χ2n) is 13.1. The molecule has 0 aliphatic carbocycles. The van der Waals surface area contributed by atoms with E-state index in [4.69, 9.17) is 14.2 Å². The molecule has 0 saturated heterocycles. The molecule has 0 radical (unpaired) electrons. The summed E-state index contributed by atoms with van der Waals surface area (Å²) in [6.07, 6.45) is 12.2. The number of benzene rings is 1. The van der Waals surface area contributed by atoms with Gasteiger partial charge in [-0.05, 0) is 64.4 Å². The normalized spacial score (nSPS) is 13.4. The van der Waals surface area contributed by atoms with Gasteiger partial charge in [-0.3, -0.25) is 14.4 Å². The molecule has 0 saturated carbocycles. The van der Waals surface area contributed by atoms with Crippen molar-refractivity contribution in [1.29, 1.82) is 0 Å². The second-order valence-corrected chi connectivity index (χ2v) is 13.1. The number of ether oxygens (including phenoxy) is 3. The van der Waals surface area contributed by atoms with E-state index in [0.717, 1.165) is 45.6 Å². The third kappa shape index (κ3) is 18.9. The molecular weight excluding hydrogens is 668 g/mol. The number of methoxy groups -OCH3 is 1. The Balaban J connectivity index is 3.04. The summed E-state index contributed by atoms with van der Waals surface area (Å²) in [5, 5.41) is 24.1. The van der Waals surface area contributed by atoms with Gasteiger partial charge in [-0.2, -0.15) is 0 Å². The number of allylic oxidation sites excluding steroid dienone is 1. The zero-order chi connectivity index (χ0) is 38.8. The van der Waals surface area contributed by atoms with E-state index in [0.29, 0.717) is 43.5 Å². The number of carbonyl (C=O) groups is 5. The molecule has 1 aromatic rings. The Kier molecular flexibility index (Phi) is 23.4. The van der Waals surface area contributed by atoms with Crippen LogP contribution in [0.3, 0.4) is 0 Å². The number of hydrogen-bond donors (Lipinski definition) is 3. The van der Waals surface area contributed by atoms with Gasteiger partial charge in [0, 0.05) is 25.8 Å². The maximum atomic E-state index is 13.8. The monoisotopic (exact) mass is 728 g/mol. The summed E-state index contributed by atoms with van der Waals surface area (Å²) in [7, 11) is 4.70. The van der Waals surface area contributed by atoms with Gasteiger partial charge in [0.05, 0.1) is 19.4 Å². The largest absolute Gasteiger partial charge is 0.481 e. The quantitative estimate of drug-likeness (QED) is 0.0458. The number of amides is 1. The van der Waals surface area contributed by atoms with Gasteiger partial charge < -0.3 is 34.6 Å². The van der Waals surface area contributed by atoms with Crippen LogP contribution in [0.15, 0.2) is 36.4 Å². The highest BCUT2D eigenvalue weighted by Crippen LogP contribution is 2.26. The summed E-state index contributed by atoms with van der Waals surface area (Å²) in [5.74, 6) is 0.0549. The van der Waals surface area contributed by atoms with Gasteiger partial charge in [-0.15, -0.1) is 5.92 Å². The van der Waals surface area contributed by atoms with E-state index in [1.54, 1.807) is 56.3 Å². The smallest absolute Gasteiger partial charge is 0.337 e. The Bertz CT molecular complexity index is 1330. The fraction of sp³-hybridized carbons (Fsp3) is 0.625. The summed E-state index contributed by atoms with van der Waals surface area (Å²) in [5.41, 5.74) is -2.24. The van der Waals surface area contributed by atoms with Gasteiger partial charge in [-0.1, -0.05) is 75.7 Å². The highest BCUT2D eigenvalue weighted by Gasteiger charge is 2.49. The van der Waals surface area contributed by atoms with Crippen molar-refractivity contribution < 1.29 is 48.4 Å². The molecule has 12 heteroatoms. The number of carbonyl (C=O) groups excluding carboxylic acids is 4. The third-order valence-corrected chi connectivity index (χ3v) is 8.50. The van der Waals surface area contributed by atoms with Crippen LogP contribution in [-0.2, 0) is 39.9 Å². The minimum atomic E-state index is -2.88. The van der Waals surface area contributed by atoms with Crippen LogP contribution < -0.4 is 10.1 Å². The minimum Gasteiger partial charge on any atom is -0.481 e. The van der Waals surface area contributed by atoms with Crippen molar-refractivity contribution in [3.63, 3.8) is 0 Å². The molecule has 12 nitrogen and oxygen atoms in total. The third-order valence-electron chi connectivity index (χ3n) is 8.50. The highest BCUT2D eigenvalue weighted by molar-refractivity contribution is 5.95. The van der Waals surface area contributed by atoms with Crippen molar-refractivity contribution in [2.24, 2.45) is 5.92 Å². The van der Waals surface area contributed by atoms with E-state index in [-0.39, 0.29) is 25.4 Å². The number of rotatable bonds is 28. The van der Waals surface area contributed by atoms with Gasteiger partial charge in [-0.25, -0.2) is 9.59 Å². The fourth-order valence-corrected chi connectivity index (χ4v) is 5.36. The number of unbranched alkanes of at least 4 members (excludes halogenated alkanes) is 8. The van der Waals surface area contributed by atoms with E-state index in [9.17, 15) is 34.2 Å². The Morgan fingerprint density at radius 1 is 0.962 bits per heavy atom. The zero-order valence-corrected chi connectivity index (χ0v) is 31.7. The maximum Gasteiger partial charge on any atom is 0.337 e. The number of carboxylic acid groups (broad SMARTS) is 1. The molecular formula is C40H60N2O10. The molecule has 3 N–H and O–H groups in total. The molecule has 0 aliphatic rings. The van der Waals surface area contributed by atoms with Crippen molar-refractivity contribution in [2.45, 2.75) is 115 Å². The molecule has 0 unspecified atom stereocenters. The van der Waals surface area contributed by atoms with Gasteiger partial charge >= 0.3 is 17.9 Å². The summed E-state index contributed by atoms with van der Waals surface area (Å²) in [6, 6.07) is 5.54. The molecule has 1 rings (SSSR count). The molecule has 290 valence electrons. The molecule has 1 aromatic carbocycles. The number of esters is 2. The number of likely N-dealkylation sites (N-methyl/N-ethyl adjacent to an activating group) is 1. The lowest BCUT2D eigenvalue weighted by Gasteiger charge is -2.30. The zero-order valence-electron chi connectivity index (χ0n) is 31.7. The average molecular weight is 729 g/mol. The van der Waals surface area contributed by atoms with Crippen molar-refractivity contribution in [3.8, 4) is 17.6 Å². The molecule has 3 atom stereocenters. The summed E-state index contributed by atoms with van der Waals surface area (Å²) >= 11 is 0. The number of ketones is 1. The van der Waals surface area contributed by atoms with Crippen LogP contribution >= 0.6 is 0 Å². The van der Waals surface area contributed by atoms with Gasteiger partial charge in [0.15, 0.2) is 5.60 Å².